The molecule has 0 N–H and O–H groups in total. The highest BCUT2D eigenvalue weighted by atomic mass is 28.3. The summed E-state index contributed by atoms with van der Waals surface area (Å²) >= 11 is 0. The molecule has 0 radical (unpaired) electrons. The molecule has 1 aliphatic rings. The average molecular weight is 659 g/mol. The van der Waals surface area contributed by atoms with Gasteiger partial charge in [-0.3, -0.25) is 4.57 Å². The Morgan fingerprint density at radius 3 is 2.16 bits per heavy atom. The Balaban J connectivity index is 1.24. The Kier molecular flexibility index (Phi) is 7.66. The fourth-order valence-corrected chi connectivity index (χ4v) is 9.67. The lowest BCUT2D eigenvalue weighted by molar-refractivity contribution is 0.113. The average Bonchev–Trinajstić information content (AvgIpc) is 3.68. The summed E-state index contributed by atoms with van der Waals surface area (Å²) in [6.07, 6.45) is 1.95. The minimum Gasteiger partial charge on any atom is -0.294 e. The summed E-state index contributed by atoms with van der Waals surface area (Å²) in [5, 5.41) is 9.15. The lowest BCUT2D eigenvalue weighted by Crippen LogP contribution is -2.53. The van der Waals surface area contributed by atoms with Crippen LogP contribution >= 0.6 is 0 Å². The van der Waals surface area contributed by atoms with Crippen LogP contribution in [-0.2, 0) is 4.94 Å². The molecule has 7 aromatic rings. The van der Waals surface area contributed by atoms with Crippen LogP contribution in [0.15, 0.2) is 134 Å². The van der Waals surface area contributed by atoms with E-state index in [0.29, 0.717) is 5.92 Å². The first kappa shape index (κ1) is 31.1. The molecule has 0 saturated carbocycles. The van der Waals surface area contributed by atoms with Crippen LogP contribution in [0.5, 0.6) is 0 Å². The second-order valence-electron chi connectivity index (χ2n) is 14.2. The van der Waals surface area contributed by atoms with E-state index in [9.17, 15) is 0 Å². The molecular weight excluding hydrogens is 617 g/mol. The van der Waals surface area contributed by atoms with Crippen molar-refractivity contribution in [1.82, 2.24) is 9.55 Å². The first-order valence-corrected chi connectivity index (χ1v) is 20.3. The first-order chi connectivity index (χ1) is 23.7. The molecule has 49 heavy (non-hydrogen) atoms. The van der Waals surface area contributed by atoms with Crippen molar-refractivity contribution < 1.29 is 4.94 Å². The van der Waals surface area contributed by atoms with Gasteiger partial charge >= 0.3 is 0 Å². The molecule has 3 heterocycles. The van der Waals surface area contributed by atoms with E-state index < -0.39 is 8.07 Å². The van der Waals surface area contributed by atoms with E-state index >= 15 is 0 Å². The number of anilines is 3. The molecule has 5 nitrogen and oxygen atoms in total. The van der Waals surface area contributed by atoms with Gasteiger partial charge in [-0.1, -0.05) is 116 Å². The minimum absolute atomic E-state index is 0.207. The summed E-state index contributed by atoms with van der Waals surface area (Å²) in [6.45, 7) is 13.7. The van der Waals surface area contributed by atoms with Crippen molar-refractivity contribution >= 4 is 57.3 Å². The molecule has 0 amide bonds. The third-order valence-electron chi connectivity index (χ3n) is 10.0. The Morgan fingerprint density at radius 2 is 1.35 bits per heavy atom. The van der Waals surface area contributed by atoms with Crippen LogP contribution in [-0.4, -0.2) is 23.7 Å². The zero-order valence-electron chi connectivity index (χ0n) is 29.1. The third-order valence-corrected chi connectivity index (χ3v) is 13.6. The van der Waals surface area contributed by atoms with Crippen LogP contribution < -0.4 is 20.5 Å². The quantitative estimate of drug-likeness (QED) is 0.160. The van der Waals surface area contributed by atoms with Crippen LogP contribution in [0, 0.1) is 0 Å². The molecule has 0 unspecified atom stereocenters. The zero-order chi connectivity index (χ0) is 33.9. The van der Waals surface area contributed by atoms with Gasteiger partial charge in [0.05, 0.1) is 34.1 Å². The highest BCUT2D eigenvalue weighted by molar-refractivity contribution is 7.00. The SMILES string of the molecule is CC(C)c1ccccc1-c1ccnc(-n2c3ccccc3c3ccc([Si](C)(C)c4cccc(N5ON(C(C)C)c6ccccc65)c4)cc32)c1. The summed E-state index contributed by atoms with van der Waals surface area (Å²) in [6, 6.07) is 46.4. The predicted molar refractivity (Wildman–Crippen MR) is 209 cm³/mol. The number of para-hydroxylation sites is 3. The van der Waals surface area contributed by atoms with Gasteiger partial charge in [0.1, 0.15) is 13.9 Å². The molecule has 6 heteroatoms. The van der Waals surface area contributed by atoms with Crippen LogP contribution in [0.1, 0.15) is 39.2 Å². The van der Waals surface area contributed by atoms with Crippen LogP contribution in [0.25, 0.3) is 38.8 Å². The molecule has 244 valence electrons. The maximum Gasteiger partial charge on any atom is 0.138 e. The second-order valence-corrected chi connectivity index (χ2v) is 18.6. The number of benzene rings is 5. The minimum atomic E-state index is -2.17. The fourth-order valence-electron chi connectivity index (χ4n) is 7.32. The van der Waals surface area contributed by atoms with E-state index in [0.717, 1.165) is 28.4 Å². The van der Waals surface area contributed by atoms with Gasteiger partial charge in [-0.2, -0.15) is 5.06 Å². The predicted octanol–water partition coefficient (Wildman–Crippen LogP) is 10.0. The molecule has 0 fully saturated rings. The normalized spacial score (nSPS) is 13.3. The number of pyridine rings is 1. The summed E-state index contributed by atoms with van der Waals surface area (Å²) in [5.41, 5.74) is 9.32. The molecule has 0 atom stereocenters. The van der Waals surface area contributed by atoms with Gasteiger partial charge in [-0.25, -0.2) is 10.0 Å². The Morgan fingerprint density at radius 1 is 0.633 bits per heavy atom. The third kappa shape index (κ3) is 5.23. The van der Waals surface area contributed by atoms with E-state index in [-0.39, 0.29) is 6.04 Å². The first-order valence-electron chi connectivity index (χ1n) is 17.3. The lowest BCUT2D eigenvalue weighted by Gasteiger charge is -2.27. The van der Waals surface area contributed by atoms with Gasteiger partial charge in [-0.05, 0) is 85.0 Å². The summed E-state index contributed by atoms with van der Waals surface area (Å²) in [5.74, 6) is 1.36. The van der Waals surface area contributed by atoms with Crippen molar-refractivity contribution in [2.45, 2.75) is 52.7 Å². The van der Waals surface area contributed by atoms with Gasteiger partial charge in [0.15, 0.2) is 0 Å². The van der Waals surface area contributed by atoms with E-state index in [1.54, 1.807) is 0 Å². The number of hydrogen-bond donors (Lipinski definition) is 0. The van der Waals surface area contributed by atoms with Gasteiger partial charge in [-0.15, -0.1) is 4.94 Å². The van der Waals surface area contributed by atoms with E-state index in [2.05, 4.69) is 173 Å². The largest absolute Gasteiger partial charge is 0.294 e. The Labute approximate surface area is 289 Å². The topological polar surface area (TPSA) is 33.5 Å². The molecule has 0 bridgehead atoms. The summed E-state index contributed by atoms with van der Waals surface area (Å²) in [4.78, 5) is 11.4. The van der Waals surface area contributed by atoms with Gasteiger partial charge < -0.3 is 0 Å². The molecule has 0 saturated heterocycles. The second kappa shape index (κ2) is 12.1. The van der Waals surface area contributed by atoms with Crippen LogP contribution in [0.3, 0.4) is 0 Å². The maximum absolute atomic E-state index is 6.44. The van der Waals surface area contributed by atoms with E-state index in [4.69, 9.17) is 9.92 Å². The number of aromatic nitrogens is 2. The van der Waals surface area contributed by atoms with Gasteiger partial charge in [0.25, 0.3) is 0 Å². The molecule has 0 spiro atoms. The van der Waals surface area contributed by atoms with E-state index in [1.165, 1.54) is 43.4 Å². The molecule has 8 rings (SSSR count). The number of fused-ring (bicyclic) bond motifs is 4. The van der Waals surface area contributed by atoms with Gasteiger partial charge in [0.2, 0.25) is 0 Å². The summed E-state index contributed by atoms with van der Waals surface area (Å²) in [7, 11) is -2.17. The monoisotopic (exact) mass is 658 g/mol. The Hall–Kier alpha value is -5.17. The molecular formula is C43H42N4OSi. The summed E-state index contributed by atoms with van der Waals surface area (Å²) < 4.78 is 2.35. The number of hydrogen-bond acceptors (Lipinski definition) is 4. The fraction of sp³-hybridized carbons (Fsp3) is 0.186. The van der Waals surface area contributed by atoms with Gasteiger partial charge in [0, 0.05) is 17.0 Å². The van der Waals surface area contributed by atoms with Crippen molar-refractivity contribution in [1.29, 1.82) is 0 Å². The molecule has 0 aliphatic carbocycles. The number of nitrogens with zero attached hydrogens (tertiary/aromatic N) is 4. The van der Waals surface area contributed by atoms with Crippen molar-refractivity contribution in [2.75, 3.05) is 10.1 Å². The maximum atomic E-state index is 6.44. The molecule has 1 aliphatic heterocycles. The van der Waals surface area contributed by atoms with Crippen molar-refractivity contribution in [3.8, 4) is 16.9 Å². The Bertz CT molecular complexity index is 2340. The number of hydroxylamine groups is 1. The molecule has 2 aromatic heterocycles. The zero-order valence-corrected chi connectivity index (χ0v) is 30.1. The lowest BCUT2D eigenvalue weighted by atomic mass is 9.93. The number of rotatable bonds is 7. The van der Waals surface area contributed by atoms with Crippen LogP contribution in [0.4, 0.5) is 17.1 Å². The van der Waals surface area contributed by atoms with Crippen LogP contribution in [0.2, 0.25) is 13.1 Å². The van der Waals surface area contributed by atoms with Crippen molar-refractivity contribution in [2.24, 2.45) is 0 Å². The van der Waals surface area contributed by atoms with E-state index in [1.807, 2.05) is 16.3 Å². The smallest absolute Gasteiger partial charge is 0.138 e. The van der Waals surface area contributed by atoms with Crippen molar-refractivity contribution in [3.63, 3.8) is 0 Å². The standard InChI is InChI=1S/C43H42N4OSi/c1-29(2)35-16-7-8-17-36(35)31-24-25-44-43(26-31)45-39-19-10-9-18-37(39)38-23-22-34(28-42(38)45)49(5,6)33-15-13-14-32(27-33)47-41-21-12-11-20-40(41)46(48-47)30(3)4/h7-30H,1-6H3. The van der Waals surface area contributed by atoms with Crippen molar-refractivity contribution in [3.05, 3.63) is 139 Å². The highest BCUT2D eigenvalue weighted by Gasteiger charge is 2.33. The molecule has 5 aromatic carbocycles. The highest BCUT2D eigenvalue weighted by Crippen LogP contribution is 2.42.